The van der Waals surface area contributed by atoms with Crippen molar-refractivity contribution < 1.29 is 0 Å². The van der Waals surface area contributed by atoms with Crippen LogP contribution in [-0.4, -0.2) is 20.2 Å². The fraction of sp³-hybridized carbons (Fsp3) is 0.857. The highest BCUT2D eigenvalue weighted by Crippen LogP contribution is 2.18. The van der Waals surface area contributed by atoms with Gasteiger partial charge in [-0.2, -0.15) is 0 Å². The van der Waals surface area contributed by atoms with Crippen LogP contribution in [-0.2, 0) is 12.1 Å². The summed E-state index contributed by atoms with van der Waals surface area (Å²) in [6.07, 6.45) is 0.977. The summed E-state index contributed by atoms with van der Waals surface area (Å²) in [7, 11) is 0. The van der Waals surface area contributed by atoms with Crippen LogP contribution < -0.4 is 5.73 Å². The molecule has 0 atom stereocenters. The van der Waals surface area contributed by atoms with Gasteiger partial charge >= 0.3 is 0 Å². The molecule has 1 rings (SSSR count). The largest absolute Gasteiger partial charge is 0.324 e. The molecule has 1 aromatic heterocycles. The van der Waals surface area contributed by atoms with Crippen LogP contribution in [0.5, 0.6) is 0 Å². The second-order valence-corrected chi connectivity index (χ2v) is 3.38. The van der Waals surface area contributed by atoms with Gasteiger partial charge in [0, 0.05) is 0 Å². The van der Waals surface area contributed by atoms with E-state index in [4.69, 9.17) is 5.73 Å². The number of hydrogen-bond acceptors (Lipinski definition) is 4. The molecule has 5 nitrogen and oxygen atoms in total. The Morgan fingerprint density at radius 3 is 2.67 bits per heavy atom. The summed E-state index contributed by atoms with van der Waals surface area (Å²) in [4.78, 5) is 0. The van der Waals surface area contributed by atoms with Crippen molar-refractivity contribution in [3.63, 3.8) is 0 Å². The molecule has 0 radical (unpaired) electrons. The van der Waals surface area contributed by atoms with Gasteiger partial charge in [0.05, 0.1) is 12.1 Å². The first-order valence-electron chi connectivity index (χ1n) is 4.09. The van der Waals surface area contributed by atoms with Crippen LogP contribution in [0.4, 0.5) is 0 Å². The average molecular weight is 169 g/mol. The molecule has 0 bridgehead atoms. The highest BCUT2D eigenvalue weighted by molar-refractivity contribution is 4.86. The monoisotopic (exact) mass is 169 g/mol. The number of rotatable bonds is 3. The fourth-order valence-corrected chi connectivity index (χ4v) is 0.953. The summed E-state index contributed by atoms with van der Waals surface area (Å²) < 4.78 is 1.78. The Labute approximate surface area is 71.9 Å². The summed E-state index contributed by atoms with van der Waals surface area (Å²) in [5, 5.41) is 11.3. The van der Waals surface area contributed by atoms with Crippen molar-refractivity contribution in [2.24, 2.45) is 5.73 Å². The summed E-state index contributed by atoms with van der Waals surface area (Å²) >= 11 is 0. The van der Waals surface area contributed by atoms with Gasteiger partial charge in [0.2, 0.25) is 0 Å². The van der Waals surface area contributed by atoms with E-state index in [2.05, 4.69) is 36.3 Å². The summed E-state index contributed by atoms with van der Waals surface area (Å²) in [5.41, 5.74) is 5.44. The van der Waals surface area contributed by atoms with Crippen molar-refractivity contribution in [3.8, 4) is 0 Å². The highest BCUT2D eigenvalue weighted by atomic mass is 15.6. The van der Waals surface area contributed by atoms with Gasteiger partial charge in [-0.05, 0) is 30.7 Å². The van der Waals surface area contributed by atoms with Gasteiger partial charge in [-0.3, -0.25) is 0 Å². The third-order valence-electron chi connectivity index (χ3n) is 2.16. The first kappa shape index (κ1) is 9.12. The Morgan fingerprint density at radius 1 is 1.50 bits per heavy atom. The first-order valence-corrected chi connectivity index (χ1v) is 4.09. The minimum absolute atomic E-state index is 0.0434. The van der Waals surface area contributed by atoms with Crippen LogP contribution in [0.3, 0.4) is 0 Å². The van der Waals surface area contributed by atoms with Gasteiger partial charge in [-0.1, -0.05) is 6.92 Å². The number of nitrogens with two attached hydrogens (primary N) is 1. The predicted molar refractivity (Wildman–Crippen MR) is 45.3 cm³/mol. The van der Waals surface area contributed by atoms with E-state index in [9.17, 15) is 0 Å². The second-order valence-electron chi connectivity index (χ2n) is 3.38. The van der Waals surface area contributed by atoms with Crippen LogP contribution in [0.15, 0.2) is 0 Å². The van der Waals surface area contributed by atoms with Crippen molar-refractivity contribution in [1.82, 2.24) is 20.2 Å². The van der Waals surface area contributed by atoms with Crippen molar-refractivity contribution >= 4 is 0 Å². The lowest BCUT2D eigenvalue weighted by molar-refractivity contribution is 0.291. The molecule has 0 spiro atoms. The lowest BCUT2D eigenvalue weighted by Gasteiger charge is -2.23. The molecular weight excluding hydrogens is 154 g/mol. The maximum atomic E-state index is 5.48. The van der Waals surface area contributed by atoms with E-state index in [1.54, 1.807) is 4.68 Å². The normalized spacial score (nSPS) is 12.0. The molecule has 0 unspecified atom stereocenters. The average Bonchev–Trinajstić information content (AvgIpc) is 2.52. The van der Waals surface area contributed by atoms with E-state index < -0.39 is 0 Å². The smallest absolute Gasteiger partial charge is 0.165 e. The van der Waals surface area contributed by atoms with E-state index in [0.29, 0.717) is 6.54 Å². The number of aromatic nitrogens is 4. The van der Waals surface area contributed by atoms with Gasteiger partial charge < -0.3 is 5.73 Å². The molecule has 0 aliphatic carbocycles. The quantitative estimate of drug-likeness (QED) is 0.705. The van der Waals surface area contributed by atoms with E-state index in [1.807, 2.05) is 0 Å². The topological polar surface area (TPSA) is 69.6 Å². The SMILES string of the molecule is CCC(C)(C)n1nnnc1CN. The summed E-state index contributed by atoms with van der Waals surface area (Å²) in [6.45, 7) is 6.66. The lowest BCUT2D eigenvalue weighted by Crippen LogP contribution is -2.29. The maximum absolute atomic E-state index is 5.48. The standard InChI is InChI=1S/C7H15N5/c1-4-7(2,3)12-6(5-8)9-10-11-12/h4-5,8H2,1-3H3. The van der Waals surface area contributed by atoms with Gasteiger partial charge in [-0.25, -0.2) is 4.68 Å². The lowest BCUT2D eigenvalue weighted by atomic mass is 10.0. The minimum Gasteiger partial charge on any atom is -0.324 e. The number of nitrogens with zero attached hydrogens (tertiary/aromatic N) is 4. The van der Waals surface area contributed by atoms with Gasteiger partial charge in [0.25, 0.3) is 0 Å². The molecule has 0 amide bonds. The van der Waals surface area contributed by atoms with E-state index >= 15 is 0 Å². The zero-order valence-electron chi connectivity index (χ0n) is 7.78. The first-order chi connectivity index (χ1) is 5.61. The molecule has 68 valence electrons. The van der Waals surface area contributed by atoms with E-state index in [1.165, 1.54) is 0 Å². The maximum Gasteiger partial charge on any atom is 0.165 e. The van der Waals surface area contributed by atoms with Gasteiger partial charge in [0.1, 0.15) is 0 Å². The van der Waals surface area contributed by atoms with Crippen molar-refractivity contribution in [2.45, 2.75) is 39.3 Å². The summed E-state index contributed by atoms with van der Waals surface area (Å²) in [6, 6.07) is 0. The zero-order chi connectivity index (χ0) is 9.19. The van der Waals surface area contributed by atoms with E-state index in [-0.39, 0.29) is 5.54 Å². The number of hydrogen-bond donors (Lipinski definition) is 1. The Hall–Kier alpha value is -0.970. The Morgan fingerprint density at radius 2 is 2.17 bits per heavy atom. The fourth-order valence-electron chi connectivity index (χ4n) is 0.953. The molecule has 1 heterocycles. The third kappa shape index (κ3) is 1.45. The Bertz CT molecular complexity index is 252. The molecule has 0 fully saturated rings. The van der Waals surface area contributed by atoms with Crippen molar-refractivity contribution in [3.05, 3.63) is 5.82 Å². The third-order valence-corrected chi connectivity index (χ3v) is 2.16. The number of tetrazole rings is 1. The van der Waals surface area contributed by atoms with Crippen LogP contribution in [0.2, 0.25) is 0 Å². The van der Waals surface area contributed by atoms with Crippen LogP contribution in [0.25, 0.3) is 0 Å². The van der Waals surface area contributed by atoms with E-state index in [0.717, 1.165) is 12.2 Å². The van der Waals surface area contributed by atoms with Gasteiger partial charge in [-0.15, -0.1) is 5.10 Å². The van der Waals surface area contributed by atoms with Crippen molar-refractivity contribution in [2.75, 3.05) is 0 Å². The molecule has 1 aromatic rings. The molecule has 0 aromatic carbocycles. The van der Waals surface area contributed by atoms with Crippen LogP contribution in [0.1, 0.15) is 33.0 Å². The molecule has 2 N–H and O–H groups in total. The predicted octanol–water partition coefficient (Wildman–Crippen LogP) is 0.277. The second kappa shape index (κ2) is 3.18. The molecule has 0 aliphatic rings. The van der Waals surface area contributed by atoms with Crippen LogP contribution in [0, 0.1) is 0 Å². The molecular formula is C7H15N5. The molecule has 12 heavy (non-hydrogen) atoms. The van der Waals surface area contributed by atoms with Crippen molar-refractivity contribution in [1.29, 1.82) is 0 Å². The van der Waals surface area contributed by atoms with Crippen LogP contribution >= 0.6 is 0 Å². The van der Waals surface area contributed by atoms with Gasteiger partial charge in [0.15, 0.2) is 5.82 Å². The minimum atomic E-state index is -0.0434. The highest BCUT2D eigenvalue weighted by Gasteiger charge is 2.22. The zero-order valence-corrected chi connectivity index (χ0v) is 7.78. The Kier molecular flexibility index (Phi) is 2.42. The summed E-state index contributed by atoms with van der Waals surface area (Å²) in [5.74, 6) is 0.738. The Balaban J connectivity index is 3.00. The molecule has 0 aliphatic heterocycles. The molecule has 5 heteroatoms. The molecule has 0 saturated heterocycles. The molecule has 0 saturated carbocycles.